The standard InChI is InChI=1S/C39H51FN2O6/c1-9-42(24-31-15-13-19-45-31)30-21-27(25-46-34-18-11-10-14-28(34)23-35(43)47-38(3,4)5)20-29(22-30)33-17-12-16-32(36(33)40)26(2)41-37(44)48-39(6,7)8/h10-12,14,16-18,20-22,26,31H,9,13,15,19,23-25H2,1-8H3,(H,41,44)/t26-,31?/m1/s1. The van der Waals surface area contributed by atoms with E-state index in [-0.39, 0.29) is 25.1 Å². The number of hydrogen-bond donors (Lipinski definition) is 1. The quantitative estimate of drug-likeness (QED) is 0.195. The Morgan fingerprint density at radius 2 is 1.73 bits per heavy atom. The van der Waals surface area contributed by atoms with Crippen molar-refractivity contribution in [2.24, 2.45) is 0 Å². The highest BCUT2D eigenvalue weighted by Crippen LogP contribution is 2.33. The minimum absolute atomic E-state index is 0.0806. The number of ether oxygens (including phenoxy) is 4. The fourth-order valence-corrected chi connectivity index (χ4v) is 5.70. The van der Waals surface area contributed by atoms with Gasteiger partial charge in [0.15, 0.2) is 0 Å². The van der Waals surface area contributed by atoms with E-state index >= 15 is 4.39 Å². The summed E-state index contributed by atoms with van der Waals surface area (Å²) in [6.07, 6.45) is 1.64. The van der Waals surface area contributed by atoms with Crippen LogP contribution >= 0.6 is 0 Å². The zero-order valence-electron chi connectivity index (χ0n) is 29.7. The number of esters is 1. The summed E-state index contributed by atoms with van der Waals surface area (Å²) in [7, 11) is 0. The third-order valence-electron chi connectivity index (χ3n) is 7.83. The summed E-state index contributed by atoms with van der Waals surface area (Å²) in [6, 6.07) is 18.0. The Bertz CT molecular complexity index is 1550. The number of hydrogen-bond acceptors (Lipinski definition) is 7. The summed E-state index contributed by atoms with van der Waals surface area (Å²) >= 11 is 0. The average molecular weight is 663 g/mol. The van der Waals surface area contributed by atoms with Crippen LogP contribution in [0, 0.1) is 5.82 Å². The molecule has 1 N–H and O–H groups in total. The first kappa shape index (κ1) is 36.7. The van der Waals surface area contributed by atoms with Crippen molar-refractivity contribution in [2.45, 2.75) is 105 Å². The monoisotopic (exact) mass is 662 g/mol. The van der Waals surface area contributed by atoms with Crippen LogP contribution in [0.3, 0.4) is 0 Å². The first-order valence-corrected chi connectivity index (χ1v) is 16.8. The molecular weight excluding hydrogens is 611 g/mol. The van der Waals surface area contributed by atoms with E-state index in [1.165, 1.54) is 0 Å². The van der Waals surface area contributed by atoms with Gasteiger partial charge in [0.05, 0.1) is 18.6 Å². The van der Waals surface area contributed by atoms with Crippen molar-refractivity contribution in [1.29, 1.82) is 0 Å². The largest absolute Gasteiger partial charge is 0.489 e. The second kappa shape index (κ2) is 15.9. The SMILES string of the molecule is CCN(CC1CCCO1)c1cc(COc2ccccc2CC(=O)OC(C)(C)C)cc(-c2cccc([C@@H](C)NC(=O)OC(C)(C)C)c2F)c1. The highest BCUT2D eigenvalue weighted by atomic mass is 19.1. The van der Waals surface area contributed by atoms with Gasteiger partial charge in [-0.3, -0.25) is 4.79 Å². The van der Waals surface area contributed by atoms with Crippen LogP contribution in [0.25, 0.3) is 11.1 Å². The number of carbonyl (C=O) groups is 2. The van der Waals surface area contributed by atoms with E-state index in [4.69, 9.17) is 18.9 Å². The summed E-state index contributed by atoms with van der Waals surface area (Å²) in [6.45, 7) is 17.1. The van der Waals surface area contributed by atoms with Crippen LogP contribution in [0.15, 0.2) is 60.7 Å². The molecule has 9 heteroatoms. The molecule has 0 aromatic heterocycles. The fourth-order valence-electron chi connectivity index (χ4n) is 5.70. The smallest absolute Gasteiger partial charge is 0.408 e. The molecule has 1 amide bonds. The van der Waals surface area contributed by atoms with Crippen LogP contribution in [-0.2, 0) is 32.0 Å². The summed E-state index contributed by atoms with van der Waals surface area (Å²) < 4.78 is 39.5. The Labute approximate surface area is 284 Å². The number of amides is 1. The van der Waals surface area contributed by atoms with Crippen molar-refractivity contribution in [3.05, 3.63) is 83.2 Å². The van der Waals surface area contributed by atoms with Gasteiger partial charge < -0.3 is 29.2 Å². The number of nitrogens with zero attached hydrogens (tertiary/aromatic N) is 1. The average Bonchev–Trinajstić information content (AvgIpc) is 3.50. The van der Waals surface area contributed by atoms with Gasteiger partial charge in [-0.15, -0.1) is 0 Å². The van der Waals surface area contributed by atoms with E-state index in [1.807, 2.05) is 57.2 Å². The van der Waals surface area contributed by atoms with Crippen LogP contribution in [-0.4, -0.2) is 49.1 Å². The van der Waals surface area contributed by atoms with Gasteiger partial charge in [-0.2, -0.15) is 0 Å². The Morgan fingerprint density at radius 3 is 2.40 bits per heavy atom. The van der Waals surface area contributed by atoms with Crippen molar-refractivity contribution in [1.82, 2.24) is 5.32 Å². The molecule has 8 nitrogen and oxygen atoms in total. The predicted octanol–water partition coefficient (Wildman–Crippen LogP) is 8.55. The van der Waals surface area contributed by atoms with Gasteiger partial charge in [0, 0.05) is 42.1 Å². The van der Waals surface area contributed by atoms with Gasteiger partial charge >= 0.3 is 12.1 Å². The van der Waals surface area contributed by atoms with E-state index in [0.717, 1.165) is 49.4 Å². The van der Waals surface area contributed by atoms with E-state index in [2.05, 4.69) is 23.2 Å². The number of anilines is 1. The number of benzene rings is 3. The number of para-hydroxylation sites is 1. The fraction of sp³-hybridized carbons (Fsp3) is 0.487. The third-order valence-corrected chi connectivity index (χ3v) is 7.83. The molecule has 0 aliphatic carbocycles. The van der Waals surface area contributed by atoms with Gasteiger partial charge in [-0.25, -0.2) is 9.18 Å². The van der Waals surface area contributed by atoms with Crippen molar-refractivity contribution in [3.8, 4) is 16.9 Å². The van der Waals surface area contributed by atoms with Crippen molar-refractivity contribution >= 4 is 17.7 Å². The number of carbonyl (C=O) groups excluding carboxylic acids is 2. The van der Waals surface area contributed by atoms with E-state index < -0.39 is 29.2 Å². The molecule has 1 unspecified atom stereocenters. The zero-order chi connectivity index (χ0) is 35.1. The molecule has 4 rings (SSSR count). The molecule has 0 radical (unpaired) electrons. The second-order valence-corrected chi connectivity index (χ2v) is 14.3. The van der Waals surface area contributed by atoms with Gasteiger partial charge in [0.2, 0.25) is 0 Å². The summed E-state index contributed by atoms with van der Waals surface area (Å²) in [5, 5.41) is 2.76. The summed E-state index contributed by atoms with van der Waals surface area (Å²) in [5.41, 5.74) is 2.67. The molecule has 48 heavy (non-hydrogen) atoms. The summed E-state index contributed by atoms with van der Waals surface area (Å²) in [4.78, 5) is 27.3. The van der Waals surface area contributed by atoms with Gasteiger partial charge in [-0.05, 0) is 104 Å². The molecule has 1 saturated heterocycles. The van der Waals surface area contributed by atoms with Crippen LogP contribution in [0.2, 0.25) is 0 Å². The van der Waals surface area contributed by atoms with Gasteiger partial charge in [-0.1, -0.05) is 36.4 Å². The first-order chi connectivity index (χ1) is 22.6. The Balaban J connectivity index is 1.66. The Kier molecular flexibility index (Phi) is 12.1. The molecule has 0 bridgehead atoms. The minimum Gasteiger partial charge on any atom is -0.489 e. The van der Waals surface area contributed by atoms with E-state index in [0.29, 0.717) is 22.4 Å². The number of nitrogens with one attached hydrogen (secondary N) is 1. The lowest BCUT2D eigenvalue weighted by Gasteiger charge is -2.27. The molecule has 1 heterocycles. The summed E-state index contributed by atoms with van der Waals surface area (Å²) in [5.74, 6) is -0.173. The molecular formula is C39H51FN2O6. The predicted molar refractivity (Wildman–Crippen MR) is 187 cm³/mol. The molecule has 1 aliphatic rings. The topological polar surface area (TPSA) is 86.3 Å². The molecule has 1 aliphatic heterocycles. The van der Waals surface area contributed by atoms with Gasteiger partial charge in [0.25, 0.3) is 0 Å². The van der Waals surface area contributed by atoms with Crippen LogP contribution in [0.4, 0.5) is 14.9 Å². The van der Waals surface area contributed by atoms with Crippen molar-refractivity contribution < 1.29 is 32.9 Å². The highest BCUT2D eigenvalue weighted by molar-refractivity contribution is 5.74. The third kappa shape index (κ3) is 10.7. The normalized spacial score (nSPS) is 15.5. The van der Waals surface area contributed by atoms with Crippen molar-refractivity contribution in [2.75, 3.05) is 24.6 Å². The van der Waals surface area contributed by atoms with E-state index in [1.54, 1.807) is 45.9 Å². The molecule has 0 saturated carbocycles. The molecule has 3 aromatic carbocycles. The molecule has 1 fully saturated rings. The Morgan fingerprint density at radius 1 is 1.00 bits per heavy atom. The lowest BCUT2D eigenvalue weighted by Crippen LogP contribution is -2.34. The number of halogens is 1. The van der Waals surface area contributed by atoms with E-state index in [9.17, 15) is 9.59 Å². The number of alkyl carbamates (subject to hydrolysis) is 1. The van der Waals surface area contributed by atoms with Crippen molar-refractivity contribution in [3.63, 3.8) is 0 Å². The maximum atomic E-state index is 16.3. The number of likely N-dealkylation sites (N-methyl/N-ethyl adjacent to an activating group) is 1. The zero-order valence-corrected chi connectivity index (χ0v) is 29.7. The minimum atomic E-state index is -0.673. The highest BCUT2D eigenvalue weighted by Gasteiger charge is 2.24. The second-order valence-electron chi connectivity index (χ2n) is 14.3. The van der Waals surface area contributed by atoms with Crippen LogP contribution < -0.4 is 15.0 Å². The number of rotatable bonds is 12. The maximum absolute atomic E-state index is 16.3. The van der Waals surface area contributed by atoms with Crippen LogP contribution in [0.5, 0.6) is 5.75 Å². The van der Waals surface area contributed by atoms with Crippen LogP contribution in [0.1, 0.15) is 91.0 Å². The molecule has 0 spiro atoms. The first-order valence-electron chi connectivity index (χ1n) is 16.8. The molecule has 3 aromatic rings. The molecule has 2 atom stereocenters. The molecule has 260 valence electrons. The lowest BCUT2D eigenvalue weighted by molar-refractivity contribution is -0.153. The Hall–Kier alpha value is -4.11. The van der Waals surface area contributed by atoms with Gasteiger partial charge in [0.1, 0.15) is 29.4 Å². The maximum Gasteiger partial charge on any atom is 0.408 e. The lowest BCUT2D eigenvalue weighted by atomic mass is 9.97.